The molecule has 0 atom stereocenters. The number of hydrogen-bond acceptors (Lipinski definition) is 5. The summed E-state index contributed by atoms with van der Waals surface area (Å²) in [6.07, 6.45) is 2.83. The van der Waals surface area contributed by atoms with Gasteiger partial charge in [0.2, 0.25) is 0 Å². The van der Waals surface area contributed by atoms with Crippen molar-refractivity contribution in [1.82, 2.24) is 15.0 Å². The molecule has 10 rings (SSSR count). The van der Waals surface area contributed by atoms with Crippen LogP contribution in [-0.2, 0) is 6.42 Å². The van der Waals surface area contributed by atoms with Crippen molar-refractivity contribution in [3.8, 4) is 56.4 Å². The second-order valence-corrected chi connectivity index (χ2v) is 15.2. The lowest BCUT2D eigenvalue weighted by atomic mass is 9.98. The van der Waals surface area contributed by atoms with E-state index >= 15 is 0 Å². The zero-order valence-electron chi connectivity index (χ0n) is 28.7. The van der Waals surface area contributed by atoms with Gasteiger partial charge in [0.1, 0.15) is 0 Å². The molecule has 5 heteroatoms. The summed E-state index contributed by atoms with van der Waals surface area (Å²) in [5.41, 5.74) is 9.22. The average molecular weight is 714 g/mol. The summed E-state index contributed by atoms with van der Waals surface area (Å²) in [7, 11) is 0. The van der Waals surface area contributed by atoms with E-state index in [1.54, 1.807) is 0 Å². The molecular formula is C48H31N3S2. The summed E-state index contributed by atoms with van der Waals surface area (Å²) in [5.74, 6) is 2.00. The Morgan fingerprint density at radius 2 is 0.811 bits per heavy atom. The van der Waals surface area contributed by atoms with Gasteiger partial charge in [-0.15, -0.1) is 29.3 Å². The van der Waals surface area contributed by atoms with Gasteiger partial charge in [-0.3, -0.25) is 0 Å². The number of hydrogen-bond donors (Lipinski definition) is 0. The van der Waals surface area contributed by atoms with Crippen molar-refractivity contribution in [1.29, 1.82) is 0 Å². The molecule has 0 aliphatic heterocycles. The predicted octanol–water partition coefficient (Wildman–Crippen LogP) is 13.7. The molecular weight excluding hydrogens is 683 g/mol. The first-order valence-corrected chi connectivity index (χ1v) is 19.3. The molecule has 0 spiro atoms. The number of allylic oxidation sites excluding steroid dienone is 1. The Bertz CT molecular complexity index is 2940. The number of thiophene rings is 2. The fourth-order valence-electron chi connectivity index (χ4n) is 7.43. The molecule has 0 unspecified atom stereocenters. The average Bonchev–Trinajstić information content (AvgIpc) is 3.81. The number of aromatic nitrogens is 3. The third-order valence-electron chi connectivity index (χ3n) is 9.90. The molecule has 53 heavy (non-hydrogen) atoms. The van der Waals surface area contributed by atoms with Crippen LogP contribution in [0.2, 0.25) is 0 Å². The molecule has 0 aliphatic rings. The minimum Gasteiger partial charge on any atom is -0.208 e. The van der Waals surface area contributed by atoms with E-state index in [2.05, 4.69) is 128 Å². The second-order valence-electron chi connectivity index (χ2n) is 13.2. The first-order chi connectivity index (χ1) is 26.2. The maximum Gasteiger partial charge on any atom is 0.165 e. The van der Waals surface area contributed by atoms with Gasteiger partial charge in [-0.05, 0) is 29.2 Å². The minimum atomic E-state index is 0.663. The highest BCUT2D eigenvalue weighted by molar-refractivity contribution is 7.28. The van der Waals surface area contributed by atoms with Crippen LogP contribution in [0.5, 0.6) is 0 Å². The highest BCUT2D eigenvalue weighted by Gasteiger charge is 2.20. The molecule has 0 saturated heterocycles. The summed E-state index contributed by atoms with van der Waals surface area (Å²) in [4.78, 5) is 15.1. The van der Waals surface area contributed by atoms with Crippen LogP contribution >= 0.6 is 22.7 Å². The van der Waals surface area contributed by atoms with Gasteiger partial charge in [0, 0.05) is 68.2 Å². The largest absolute Gasteiger partial charge is 0.208 e. The standard InChI is InChI=1S/C48H31N3S2/c1-2-14-30-15-9-20-33(29-30)34-21-10-22-35-36-23-11-24-37(43(36)52-42(34)35)38-25-12-26-39-40-27-13-28-41(45(40)53-44(38)39)48-50-46(31-16-5-3-6-17-31)49-47(51-48)32-18-7-4-8-19-32/h2-13,15-29H,1,14H2. The fourth-order valence-corrected chi connectivity index (χ4v) is 10.1. The molecule has 0 aliphatic carbocycles. The van der Waals surface area contributed by atoms with Gasteiger partial charge >= 0.3 is 0 Å². The molecule has 0 bridgehead atoms. The van der Waals surface area contributed by atoms with Crippen molar-refractivity contribution in [3.63, 3.8) is 0 Å². The lowest BCUT2D eigenvalue weighted by Gasteiger charge is -2.09. The van der Waals surface area contributed by atoms with E-state index in [-0.39, 0.29) is 0 Å². The molecule has 250 valence electrons. The van der Waals surface area contributed by atoms with Crippen molar-refractivity contribution < 1.29 is 0 Å². The lowest BCUT2D eigenvalue weighted by molar-refractivity contribution is 1.08. The second kappa shape index (κ2) is 13.1. The number of nitrogens with zero attached hydrogens (tertiary/aromatic N) is 3. The molecule has 3 aromatic heterocycles. The molecule has 0 amide bonds. The fraction of sp³-hybridized carbons (Fsp3) is 0.0208. The quantitative estimate of drug-likeness (QED) is 0.154. The Hall–Kier alpha value is -6.27. The van der Waals surface area contributed by atoms with E-state index in [1.807, 2.05) is 65.1 Å². The molecule has 7 aromatic carbocycles. The van der Waals surface area contributed by atoms with Gasteiger partial charge in [0.25, 0.3) is 0 Å². The van der Waals surface area contributed by atoms with Crippen molar-refractivity contribution >= 4 is 63.0 Å². The monoisotopic (exact) mass is 713 g/mol. The first kappa shape index (κ1) is 31.5. The van der Waals surface area contributed by atoms with Crippen molar-refractivity contribution in [2.24, 2.45) is 0 Å². The van der Waals surface area contributed by atoms with Gasteiger partial charge in [-0.1, -0.05) is 158 Å². The molecule has 3 heterocycles. The van der Waals surface area contributed by atoms with Gasteiger partial charge in [-0.2, -0.15) is 0 Å². The Morgan fingerprint density at radius 3 is 1.34 bits per heavy atom. The molecule has 0 saturated carbocycles. The number of rotatable bonds is 7. The Morgan fingerprint density at radius 1 is 0.396 bits per heavy atom. The molecule has 0 N–H and O–H groups in total. The van der Waals surface area contributed by atoms with E-state index in [0.717, 1.165) is 23.1 Å². The van der Waals surface area contributed by atoms with Crippen molar-refractivity contribution in [3.05, 3.63) is 176 Å². The van der Waals surface area contributed by atoms with Gasteiger partial charge < -0.3 is 0 Å². The maximum atomic E-state index is 5.10. The molecule has 10 aromatic rings. The van der Waals surface area contributed by atoms with Gasteiger partial charge in [0.05, 0.1) is 0 Å². The van der Waals surface area contributed by atoms with Crippen LogP contribution < -0.4 is 0 Å². The highest BCUT2D eigenvalue weighted by atomic mass is 32.1. The van der Waals surface area contributed by atoms with Crippen LogP contribution in [0.25, 0.3) is 96.8 Å². The summed E-state index contributed by atoms with van der Waals surface area (Å²) in [6.45, 7) is 3.95. The van der Waals surface area contributed by atoms with E-state index in [1.165, 1.54) is 68.2 Å². The first-order valence-electron chi connectivity index (χ1n) is 17.7. The van der Waals surface area contributed by atoms with Crippen LogP contribution in [0, 0.1) is 0 Å². The Kier molecular flexibility index (Phi) is 7.75. The maximum absolute atomic E-state index is 5.10. The topological polar surface area (TPSA) is 38.7 Å². The Balaban J connectivity index is 1.17. The van der Waals surface area contributed by atoms with E-state index in [0.29, 0.717) is 17.5 Å². The van der Waals surface area contributed by atoms with Gasteiger partial charge in [-0.25, -0.2) is 15.0 Å². The summed E-state index contributed by atoms with van der Waals surface area (Å²) in [5, 5.41) is 5.03. The third kappa shape index (κ3) is 5.45. The van der Waals surface area contributed by atoms with Crippen molar-refractivity contribution in [2.45, 2.75) is 6.42 Å². The smallest absolute Gasteiger partial charge is 0.165 e. The zero-order chi connectivity index (χ0) is 35.3. The van der Waals surface area contributed by atoms with Gasteiger partial charge in [0.15, 0.2) is 17.5 Å². The van der Waals surface area contributed by atoms with Crippen LogP contribution in [0.4, 0.5) is 0 Å². The summed E-state index contributed by atoms with van der Waals surface area (Å²) >= 11 is 3.72. The van der Waals surface area contributed by atoms with Crippen molar-refractivity contribution in [2.75, 3.05) is 0 Å². The molecule has 0 fully saturated rings. The van der Waals surface area contributed by atoms with E-state index in [9.17, 15) is 0 Å². The molecule has 0 radical (unpaired) electrons. The highest BCUT2D eigenvalue weighted by Crippen LogP contribution is 2.48. The number of benzene rings is 7. The SMILES string of the molecule is C=CCc1cccc(-c2cccc3c2sc2c(-c4cccc5c4sc4c(-c6nc(-c7ccccc7)nc(-c7ccccc7)n6)cccc45)cccc23)c1. The summed E-state index contributed by atoms with van der Waals surface area (Å²) in [6, 6.07) is 55.9. The lowest BCUT2D eigenvalue weighted by Crippen LogP contribution is -2.00. The van der Waals surface area contributed by atoms with Crippen LogP contribution in [0.3, 0.4) is 0 Å². The summed E-state index contributed by atoms with van der Waals surface area (Å²) < 4.78 is 5.05. The van der Waals surface area contributed by atoms with E-state index in [4.69, 9.17) is 15.0 Å². The van der Waals surface area contributed by atoms with E-state index < -0.39 is 0 Å². The predicted molar refractivity (Wildman–Crippen MR) is 227 cm³/mol. The van der Waals surface area contributed by atoms with Crippen LogP contribution in [0.1, 0.15) is 5.56 Å². The molecule has 3 nitrogen and oxygen atoms in total. The normalized spacial score (nSPS) is 11.5. The minimum absolute atomic E-state index is 0.663. The number of fused-ring (bicyclic) bond motifs is 6. The third-order valence-corrected chi connectivity index (χ3v) is 12.5. The Labute approximate surface area is 315 Å². The van der Waals surface area contributed by atoms with Crippen LogP contribution in [0.15, 0.2) is 170 Å². The van der Waals surface area contributed by atoms with Crippen LogP contribution in [-0.4, -0.2) is 15.0 Å². The zero-order valence-corrected chi connectivity index (χ0v) is 30.3.